The van der Waals surface area contributed by atoms with E-state index in [4.69, 9.17) is 14.0 Å². The summed E-state index contributed by atoms with van der Waals surface area (Å²) < 4.78 is 32.5. The molecule has 0 radical (unpaired) electrons. The first-order valence-electron chi connectivity index (χ1n) is 10.6. The molecule has 8 heteroatoms. The Balaban J connectivity index is 1.68. The third-order valence-electron chi connectivity index (χ3n) is 6.23. The van der Waals surface area contributed by atoms with Crippen molar-refractivity contribution in [1.29, 1.82) is 0 Å². The summed E-state index contributed by atoms with van der Waals surface area (Å²) >= 11 is 0. The van der Waals surface area contributed by atoms with Gasteiger partial charge in [0.05, 0.1) is 22.9 Å². The van der Waals surface area contributed by atoms with Gasteiger partial charge < -0.3 is 23.8 Å². The number of carbonyl (C=O) groups excluding carboxylic acids is 1. The van der Waals surface area contributed by atoms with Crippen molar-refractivity contribution in [3.05, 3.63) is 24.0 Å². The van der Waals surface area contributed by atoms with Crippen LogP contribution in [0.25, 0.3) is 0 Å². The summed E-state index contributed by atoms with van der Waals surface area (Å²) in [5.74, 6) is -0.317. The van der Waals surface area contributed by atoms with E-state index in [0.717, 1.165) is 6.42 Å². The Hall–Kier alpha value is -1.80. The van der Waals surface area contributed by atoms with Crippen LogP contribution in [0.5, 0.6) is 0 Å². The smallest absolute Gasteiger partial charge is 0.444 e. The molecule has 3 rings (SSSR count). The van der Waals surface area contributed by atoms with Gasteiger partial charge in [-0.15, -0.1) is 0 Å². The van der Waals surface area contributed by atoms with Crippen molar-refractivity contribution in [2.45, 2.75) is 77.7 Å². The van der Waals surface area contributed by atoms with E-state index in [1.54, 1.807) is 18.0 Å². The Labute approximate surface area is 179 Å². The van der Waals surface area contributed by atoms with Crippen molar-refractivity contribution < 1.29 is 23.2 Å². The molecule has 0 bridgehead atoms. The van der Waals surface area contributed by atoms with Crippen LogP contribution in [0.15, 0.2) is 18.2 Å². The van der Waals surface area contributed by atoms with Crippen LogP contribution in [0, 0.1) is 5.82 Å². The molecule has 0 aliphatic carbocycles. The van der Waals surface area contributed by atoms with Gasteiger partial charge in [0.1, 0.15) is 11.4 Å². The summed E-state index contributed by atoms with van der Waals surface area (Å²) in [6, 6.07) is 5.08. The number of amides is 1. The minimum absolute atomic E-state index is 0.0259. The summed E-state index contributed by atoms with van der Waals surface area (Å²) in [7, 11) is 1.14. The van der Waals surface area contributed by atoms with Crippen molar-refractivity contribution in [2.24, 2.45) is 0 Å². The van der Waals surface area contributed by atoms with E-state index in [9.17, 15) is 9.18 Å². The topological polar surface area (TPSA) is 51.2 Å². The molecule has 0 saturated carbocycles. The molecule has 2 heterocycles. The Morgan fingerprint density at radius 2 is 1.83 bits per heavy atom. The Bertz CT molecular complexity index is 793. The average molecular weight is 420 g/mol. The Morgan fingerprint density at radius 3 is 2.37 bits per heavy atom. The summed E-state index contributed by atoms with van der Waals surface area (Å²) in [5.41, 5.74) is -0.298. The molecule has 1 aromatic rings. The summed E-state index contributed by atoms with van der Waals surface area (Å²) in [4.78, 5) is 15.9. The number of hydrogen-bond donors (Lipinski definition) is 0. The minimum atomic E-state index is -0.594. The summed E-state index contributed by atoms with van der Waals surface area (Å²) in [6.07, 6.45) is 0.402. The van der Waals surface area contributed by atoms with Gasteiger partial charge in [0.2, 0.25) is 0 Å². The highest BCUT2D eigenvalue weighted by atomic mass is 19.1. The zero-order chi connectivity index (χ0) is 22.5. The van der Waals surface area contributed by atoms with E-state index in [1.165, 1.54) is 6.07 Å². The quantitative estimate of drug-likeness (QED) is 0.700. The zero-order valence-corrected chi connectivity index (χ0v) is 19.4. The lowest BCUT2D eigenvalue weighted by Crippen LogP contribution is -2.42. The van der Waals surface area contributed by atoms with Gasteiger partial charge >= 0.3 is 13.2 Å². The molecule has 0 spiro atoms. The molecule has 2 saturated heterocycles. The van der Waals surface area contributed by atoms with Crippen LogP contribution >= 0.6 is 0 Å². The molecule has 1 aromatic carbocycles. The number of likely N-dealkylation sites (N-methyl/N-ethyl adjacent to an activating group) is 1. The van der Waals surface area contributed by atoms with Crippen LogP contribution in [0.3, 0.4) is 0 Å². The van der Waals surface area contributed by atoms with Gasteiger partial charge in [0, 0.05) is 20.1 Å². The first-order valence-corrected chi connectivity index (χ1v) is 10.6. The predicted molar refractivity (Wildman–Crippen MR) is 117 cm³/mol. The van der Waals surface area contributed by atoms with E-state index in [1.807, 2.05) is 59.4 Å². The zero-order valence-electron chi connectivity index (χ0n) is 19.4. The molecule has 2 fully saturated rings. The van der Waals surface area contributed by atoms with E-state index >= 15 is 0 Å². The van der Waals surface area contributed by atoms with Crippen LogP contribution in [0.2, 0.25) is 0 Å². The highest BCUT2D eigenvalue weighted by Crippen LogP contribution is 2.36. The summed E-state index contributed by atoms with van der Waals surface area (Å²) in [5, 5.41) is 0. The standard InChI is InChI=1S/C22H34BFN2O4/c1-20(2,3)28-19(27)25(8)16-11-12-26(14-16)18-10-9-15(13-17(18)24)23-29-21(4,5)22(6,7)30-23/h9-10,13,16H,11-12,14H2,1-8H3/t16-/m0/s1. The summed E-state index contributed by atoms with van der Waals surface area (Å²) in [6.45, 7) is 14.7. The van der Waals surface area contributed by atoms with Gasteiger partial charge in [-0.05, 0) is 72.5 Å². The SMILES string of the molecule is CN(C(=O)OC(C)(C)C)[C@H]1CCN(c2ccc(B3OC(C)(C)C(C)(C)O3)cc2F)C1. The number of ether oxygens (including phenoxy) is 1. The number of anilines is 1. The van der Waals surface area contributed by atoms with Crippen LogP contribution in [0.1, 0.15) is 54.9 Å². The first kappa shape index (κ1) is 22.9. The van der Waals surface area contributed by atoms with Gasteiger partial charge in [-0.1, -0.05) is 6.07 Å². The minimum Gasteiger partial charge on any atom is -0.444 e. The number of halogens is 1. The molecular weight excluding hydrogens is 386 g/mol. The fourth-order valence-corrected chi connectivity index (χ4v) is 3.67. The van der Waals surface area contributed by atoms with E-state index in [-0.39, 0.29) is 18.0 Å². The lowest BCUT2D eigenvalue weighted by atomic mass is 9.79. The third kappa shape index (κ3) is 4.59. The van der Waals surface area contributed by atoms with Crippen LogP contribution < -0.4 is 10.4 Å². The largest absolute Gasteiger partial charge is 0.494 e. The number of rotatable bonds is 3. The van der Waals surface area contributed by atoms with Crippen molar-refractivity contribution in [2.75, 3.05) is 25.0 Å². The number of carbonyl (C=O) groups is 1. The predicted octanol–water partition coefficient (Wildman–Crippen LogP) is 3.57. The van der Waals surface area contributed by atoms with Gasteiger partial charge in [-0.25, -0.2) is 9.18 Å². The molecule has 0 aromatic heterocycles. The fourth-order valence-electron chi connectivity index (χ4n) is 3.67. The Kier molecular flexibility index (Phi) is 5.88. The maximum Gasteiger partial charge on any atom is 0.494 e. The molecule has 0 unspecified atom stereocenters. The van der Waals surface area contributed by atoms with Crippen LogP contribution in [-0.4, -0.2) is 61.1 Å². The molecule has 2 aliphatic rings. The monoisotopic (exact) mass is 420 g/mol. The van der Waals surface area contributed by atoms with Gasteiger partial charge in [0.15, 0.2) is 0 Å². The molecule has 166 valence electrons. The van der Waals surface area contributed by atoms with E-state index < -0.39 is 23.9 Å². The van der Waals surface area contributed by atoms with Crippen molar-refractivity contribution in [3.63, 3.8) is 0 Å². The van der Waals surface area contributed by atoms with Crippen molar-refractivity contribution in [3.8, 4) is 0 Å². The van der Waals surface area contributed by atoms with Gasteiger partial charge in [0.25, 0.3) is 0 Å². The van der Waals surface area contributed by atoms with Crippen LogP contribution in [0.4, 0.5) is 14.9 Å². The van der Waals surface area contributed by atoms with E-state index in [0.29, 0.717) is 24.2 Å². The third-order valence-corrected chi connectivity index (χ3v) is 6.23. The molecule has 1 atom stereocenters. The highest BCUT2D eigenvalue weighted by Gasteiger charge is 2.51. The molecule has 0 N–H and O–H groups in total. The van der Waals surface area contributed by atoms with Crippen LogP contribution in [-0.2, 0) is 14.0 Å². The first-order chi connectivity index (χ1) is 13.7. The highest BCUT2D eigenvalue weighted by molar-refractivity contribution is 6.62. The van der Waals surface area contributed by atoms with Crippen molar-refractivity contribution in [1.82, 2.24) is 4.90 Å². The lowest BCUT2D eigenvalue weighted by molar-refractivity contribution is 0.00578. The lowest BCUT2D eigenvalue weighted by Gasteiger charge is -2.32. The van der Waals surface area contributed by atoms with Crippen molar-refractivity contribution >= 4 is 24.4 Å². The second-order valence-corrected chi connectivity index (χ2v) is 10.3. The second-order valence-electron chi connectivity index (χ2n) is 10.3. The van der Waals surface area contributed by atoms with Gasteiger partial charge in [-0.2, -0.15) is 0 Å². The fraction of sp³-hybridized carbons (Fsp3) is 0.682. The number of nitrogens with zero attached hydrogens (tertiary/aromatic N) is 2. The number of hydrogen-bond acceptors (Lipinski definition) is 5. The molecule has 30 heavy (non-hydrogen) atoms. The molecular formula is C22H34BFN2O4. The average Bonchev–Trinajstić information content (AvgIpc) is 3.15. The molecule has 2 aliphatic heterocycles. The number of benzene rings is 1. The van der Waals surface area contributed by atoms with E-state index in [2.05, 4.69) is 0 Å². The Morgan fingerprint density at radius 1 is 1.23 bits per heavy atom. The normalized spacial score (nSPS) is 23.0. The maximum absolute atomic E-state index is 15.0. The maximum atomic E-state index is 15.0. The molecule has 1 amide bonds. The van der Waals surface area contributed by atoms with Gasteiger partial charge in [-0.3, -0.25) is 0 Å². The molecule has 6 nitrogen and oxygen atoms in total. The second kappa shape index (κ2) is 7.72.